The molecule has 0 bridgehead atoms. The second-order valence-corrected chi connectivity index (χ2v) is 6.13. The van der Waals surface area contributed by atoms with Crippen molar-refractivity contribution in [3.63, 3.8) is 0 Å². The molecule has 0 saturated heterocycles. The minimum Gasteiger partial charge on any atom is -0.294 e. The maximum atomic E-state index is 12.5. The van der Waals surface area contributed by atoms with E-state index in [4.69, 9.17) is 0 Å². The lowest BCUT2D eigenvalue weighted by Gasteiger charge is -2.15. The van der Waals surface area contributed by atoms with Gasteiger partial charge in [0, 0.05) is 5.92 Å². The molecule has 19 heavy (non-hydrogen) atoms. The molecular weight excluding hydrogens is 232 g/mol. The van der Waals surface area contributed by atoms with Crippen molar-refractivity contribution in [2.24, 2.45) is 11.8 Å². The molecule has 2 saturated carbocycles. The zero-order chi connectivity index (χ0) is 13.2. The van der Waals surface area contributed by atoms with E-state index in [-0.39, 0.29) is 0 Å². The number of Topliss-reactive ketones (excluding diaryl/α,β-unsaturated/α-hetero) is 1. The van der Waals surface area contributed by atoms with Crippen LogP contribution in [0, 0.1) is 18.8 Å². The van der Waals surface area contributed by atoms with Crippen LogP contribution in [0.4, 0.5) is 0 Å². The van der Waals surface area contributed by atoms with Crippen molar-refractivity contribution in [2.75, 3.05) is 0 Å². The van der Waals surface area contributed by atoms with Crippen LogP contribution in [0.3, 0.4) is 0 Å². The Labute approximate surface area is 115 Å². The van der Waals surface area contributed by atoms with Gasteiger partial charge in [-0.15, -0.1) is 0 Å². The number of aryl methyl sites for hydroxylation is 1. The van der Waals surface area contributed by atoms with E-state index in [0.717, 1.165) is 18.4 Å². The Kier molecular flexibility index (Phi) is 3.54. The van der Waals surface area contributed by atoms with Crippen molar-refractivity contribution >= 4 is 11.9 Å². The fourth-order valence-corrected chi connectivity index (χ4v) is 3.62. The minimum atomic E-state index is 0.333. The Morgan fingerprint density at radius 3 is 2.42 bits per heavy atom. The molecule has 3 rings (SSSR count). The van der Waals surface area contributed by atoms with Crippen molar-refractivity contribution < 1.29 is 4.79 Å². The molecule has 0 spiro atoms. The third-order valence-electron chi connectivity index (χ3n) is 4.77. The number of carbonyl (C=O) groups excluding carboxylic acids is 1. The Bertz CT molecular complexity index is 489. The highest BCUT2D eigenvalue weighted by Crippen LogP contribution is 2.40. The van der Waals surface area contributed by atoms with Crippen molar-refractivity contribution in [1.82, 2.24) is 0 Å². The smallest absolute Gasteiger partial charge is 0.162 e. The van der Waals surface area contributed by atoms with Gasteiger partial charge >= 0.3 is 0 Å². The Morgan fingerprint density at radius 2 is 1.74 bits per heavy atom. The lowest BCUT2D eigenvalue weighted by atomic mass is 9.88. The van der Waals surface area contributed by atoms with E-state index in [1.54, 1.807) is 0 Å². The molecule has 100 valence electrons. The second-order valence-electron chi connectivity index (χ2n) is 6.13. The molecule has 0 N–H and O–H groups in total. The van der Waals surface area contributed by atoms with Gasteiger partial charge in [0.05, 0.1) is 0 Å². The van der Waals surface area contributed by atoms with Crippen LogP contribution in [0.5, 0.6) is 0 Å². The molecule has 0 amide bonds. The maximum absolute atomic E-state index is 12.5. The van der Waals surface area contributed by atoms with Crippen molar-refractivity contribution in [3.8, 4) is 0 Å². The molecule has 0 aromatic heterocycles. The zero-order valence-electron chi connectivity index (χ0n) is 11.7. The van der Waals surface area contributed by atoms with Crippen LogP contribution in [0.1, 0.15) is 49.7 Å². The van der Waals surface area contributed by atoms with Gasteiger partial charge in [0.2, 0.25) is 0 Å². The van der Waals surface area contributed by atoms with Crippen LogP contribution < -0.4 is 0 Å². The minimum absolute atomic E-state index is 0.333. The van der Waals surface area contributed by atoms with Gasteiger partial charge in [-0.1, -0.05) is 42.7 Å². The summed E-state index contributed by atoms with van der Waals surface area (Å²) in [5.74, 6) is 1.45. The maximum Gasteiger partial charge on any atom is 0.162 e. The molecule has 2 aliphatic carbocycles. The molecule has 1 nitrogen and oxygen atoms in total. The number of allylic oxidation sites excluding steroid dienone is 1. The molecule has 2 aliphatic rings. The monoisotopic (exact) mass is 254 g/mol. The first-order chi connectivity index (χ1) is 9.24. The van der Waals surface area contributed by atoms with Crippen LogP contribution in [0.25, 0.3) is 6.08 Å². The van der Waals surface area contributed by atoms with Gasteiger partial charge in [-0.25, -0.2) is 0 Å². The average molecular weight is 254 g/mol. The summed E-state index contributed by atoms with van der Waals surface area (Å²) in [6.07, 6.45) is 9.37. The molecule has 0 aliphatic heterocycles. The van der Waals surface area contributed by atoms with E-state index >= 15 is 0 Å². The topological polar surface area (TPSA) is 17.1 Å². The zero-order valence-corrected chi connectivity index (χ0v) is 11.7. The number of hydrogen-bond donors (Lipinski definition) is 0. The lowest BCUT2D eigenvalue weighted by molar-refractivity contribution is -0.119. The third-order valence-corrected chi connectivity index (χ3v) is 4.77. The molecular formula is C18H22O. The van der Waals surface area contributed by atoms with E-state index in [1.165, 1.54) is 36.8 Å². The highest BCUT2D eigenvalue weighted by atomic mass is 16.1. The van der Waals surface area contributed by atoms with Gasteiger partial charge in [-0.2, -0.15) is 0 Å². The molecule has 1 aromatic carbocycles. The van der Waals surface area contributed by atoms with E-state index < -0.39 is 0 Å². The van der Waals surface area contributed by atoms with Crippen LogP contribution >= 0.6 is 0 Å². The quantitative estimate of drug-likeness (QED) is 0.708. The summed E-state index contributed by atoms with van der Waals surface area (Å²) in [6.45, 7) is 2.09. The van der Waals surface area contributed by atoms with E-state index in [0.29, 0.717) is 17.6 Å². The first kappa shape index (κ1) is 12.7. The van der Waals surface area contributed by atoms with Gasteiger partial charge < -0.3 is 0 Å². The van der Waals surface area contributed by atoms with Crippen LogP contribution in [0.2, 0.25) is 0 Å². The van der Waals surface area contributed by atoms with Gasteiger partial charge in [0.25, 0.3) is 0 Å². The summed E-state index contributed by atoms with van der Waals surface area (Å²) in [4.78, 5) is 12.5. The summed E-state index contributed by atoms with van der Waals surface area (Å²) in [5.41, 5.74) is 3.49. The Balaban J connectivity index is 1.75. The van der Waals surface area contributed by atoms with Crippen LogP contribution in [-0.4, -0.2) is 5.78 Å². The van der Waals surface area contributed by atoms with Gasteiger partial charge in [-0.3, -0.25) is 4.79 Å². The largest absolute Gasteiger partial charge is 0.294 e. The first-order valence-corrected chi connectivity index (χ1v) is 7.55. The Hall–Kier alpha value is -1.37. The van der Waals surface area contributed by atoms with E-state index in [2.05, 4.69) is 37.3 Å². The highest BCUT2D eigenvalue weighted by molar-refractivity contribution is 6.03. The summed E-state index contributed by atoms with van der Waals surface area (Å²) >= 11 is 0. The summed E-state index contributed by atoms with van der Waals surface area (Å²) in [7, 11) is 0. The van der Waals surface area contributed by atoms with Crippen LogP contribution in [0.15, 0.2) is 29.8 Å². The number of rotatable bonds is 2. The van der Waals surface area contributed by atoms with Crippen molar-refractivity contribution in [3.05, 3.63) is 41.0 Å². The summed E-state index contributed by atoms with van der Waals surface area (Å²) in [6, 6.07) is 8.44. The van der Waals surface area contributed by atoms with E-state index in [1.807, 2.05) is 0 Å². The SMILES string of the molecule is Cc1ccc(/C=C2\CCC(C3CCCC3)C2=O)cc1. The third kappa shape index (κ3) is 2.65. The number of benzene rings is 1. The van der Waals surface area contributed by atoms with Gasteiger partial charge in [0.15, 0.2) is 5.78 Å². The van der Waals surface area contributed by atoms with Crippen LogP contribution in [-0.2, 0) is 4.79 Å². The normalized spacial score (nSPS) is 26.5. The van der Waals surface area contributed by atoms with Crippen molar-refractivity contribution in [2.45, 2.75) is 45.4 Å². The average Bonchev–Trinajstić information content (AvgIpc) is 3.03. The molecule has 1 aromatic rings. The molecule has 0 heterocycles. The lowest BCUT2D eigenvalue weighted by Crippen LogP contribution is -2.16. The highest BCUT2D eigenvalue weighted by Gasteiger charge is 2.36. The van der Waals surface area contributed by atoms with E-state index in [9.17, 15) is 4.79 Å². The fraction of sp³-hybridized carbons (Fsp3) is 0.500. The number of ketones is 1. The fourth-order valence-electron chi connectivity index (χ4n) is 3.62. The summed E-state index contributed by atoms with van der Waals surface area (Å²) in [5, 5.41) is 0. The summed E-state index contributed by atoms with van der Waals surface area (Å²) < 4.78 is 0. The molecule has 2 fully saturated rings. The standard InChI is InChI=1S/C18H22O/c1-13-6-8-14(9-7-13)12-16-10-11-17(18(16)19)15-4-2-3-5-15/h6-9,12,15,17H,2-5,10-11H2,1H3/b16-12+. The van der Waals surface area contributed by atoms with Gasteiger partial charge in [0.1, 0.15) is 0 Å². The first-order valence-electron chi connectivity index (χ1n) is 7.55. The molecule has 0 radical (unpaired) electrons. The Morgan fingerprint density at radius 1 is 1.05 bits per heavy atom. The number of hydrogen-bond acceptors (Lipinski definition) is 1. The van der Waals surface area contributed by atoms with Gasteiger partial charge in [-0.05, 0) is 55.7 Å². The second kappa shape index (κ2) is 5.32. The molecule has 1 atom stereocenters. The number of carbonyl (C=O) groups is 1. The molecule has 1 unspecified atom stereocenters. The predicted octanol–water partition coefficient (Wildman–Crippen LogP) is 4.55. The predicted molar refractivity (Wildman–Crippen MR) is 78.8 cm³/mol. The molecule has 1 heteroatoms. The van der Waals surface area contributed by atoms with Crippen molar-refractivity contribution in [1.29, 1.82) is 0 Å².